The summed E-state index contributed by atoms with van der Waals surface area (Å²) in [6, 6.07) is 4.17. The first kappa shape index (κ1) is 13.2. The molecule has 0 radical (unpaired) electrons. The molecular weight excluding hydrogens is 274 g/mol. The maximum absolute atomic E-state index is 9.58. The minimum absolute atomic E-state index is 0.187. The molecule has 86 valence electrons. The SMILES string of the molecule is CC(C)C(O)CCNCc1ccc(Br)s1. The van der Waals surface area contributed by atoms with E-state index < -0.39 is 0 Å². The van der Waals surface area contributed by atoms with Gasteiger partial charge in [-0.1, -0.05) is 13.8 Å². The van der Waals surface area contributed by atoms with Crippen LogP contribution in [-0.4, -0.2) is 17.8 Å². The van der Waals surface area contributed by atoms with Gasteiger partial charge >= 0.3 is 0 Å². The standard InChI is InChI=1S/C11H18BrNOS/c1-8(2)10(14)5-6-13-7-9-3-4-11(12)15-9/h3-4,8,10,13-14H,5-7H2,1-2H3. The van der Waals surface area contributed by atoms with Crippen molar-refractivity contribution in [3.05, 3.63) is 20.8 Å². The zero-order valence-corrected chi connectivity index (χ0v) is 11.6. The fraction of sp³-hybridized carbons (Fsp3) is 0.636. The van der Waals surface area contributed by atoms with Crippen LogP contribution in [0.3, 0.4) is 0 Å². The zero-order valence-electron chi connectivity index (χ0n) is 9.16. The molecule has 0 amide bonds. The Morgan fingerprint density at radius 3 is 2.73 bits per heavy atom. The van der Waals surface area contributed by atoms with Crippen molar-refractivity contribution in [3.8, 4) is 0 Å². The molecule has 0 aliphatic heterocycles. The third kappa shape index (κ3) is 5.11. The normalized spacial score (nSPS) is 13.4. The smallest absolute Gasteiger partial charge is 0.0701 e. The molecule has 0 saturated carbocycles. The minimum Gasteiger partial charge on any atom is -0.393 e. The van der Waals surface area contributed by atoms with Gasteiger partial charge < -0.3 is 10.4 Å². The molecule has 0 fully saturated rings. The first-order valence-electron chi connectivity index (χ1n) is 5.22. The molecule has 0 saturated heterocycles. The van der Waals surface area contributed by atoms with E-state index in [1.807, 2.05) is 13.8 Å². The number of nitrogens with one attached hydrogen (secondary N) is 1. The largest absolute Gasteiger partial charge is 0.393 e. The summed E-state index contributed by atoms with van der Waals surface area (Å²) < 4.78 is 1.17. The highest BCUT2D eigenvalue weighted by molar-refractivity contribution is 9.11. The molecule has 0 aliphatic carbocycles. The molecule has 4 heteroatoms. The van der Waals surface area contributed by atoms with Gasteiger partial charge in [0.05, 0.1) is 9.89 Å². The molecule has 1 atom stereocenters. The molecule has 0 aromatic carbocycles. The van der Waals surface area contributed by atoms with E-state index in [1.54, 1.807) is 11.3 Å². The van der Waals surface area contributed by atoms with E-state index in [-0.39, 0.29) is 6.10 Å². The molecule has 0 aliphatic rings. The zero-order chi connectivity index (χ0) is 11.3. The van der Waals surface area contributed by atoms with Crippen molar-refractivity contribution in [3.63, 3.8) is 0 Å². The van der Waals surface area contributed by atoms with Gasteiger partial charge in [-0.25, -0.2) is 0 Å². The van der Waals surface area contributed by atoms with Crippen molar-refractivity contribution in [2.45, 2.75) is 32.9 Å². The lowest BCUT2D eigenvalue weighted by Gasteiger charge is -2.14. The second-order valence-electron chi connectivity index (χ2n) is 3.98. The highest BCUT2D eigenvalue weighted by Crippen LogP contribution is 2.21. The van der Waals surface area contributed by atoms with Gasteiger partial charge in [0.2, 0.25) is 0 Å². The third-order valence-electron chi connectivity index (χ3n) is 2.31. The van der Waals surface area contributed by atoms with Crippen molar-refractivity contribution in [2.75, 3.05) is 6.54 Å². The maximum atomic E-state index is 9.58. The van der Waals surface area contributed by atoms with Crippen LogP contribution in [0.4, 0.5) is 0 Å². The van der Waals surface area contributed by atoms with Gasteiger partial charge in [-0.3, -0.25) is 0 Å². The summed E-state index contributed by atoms with van der Waals surface area (Å²) in [7, 11) is 0. The summed E-state index contributed by atoms with van der Waals surface area (Å²) in [5, 5.41) is 12.9. The number of rotatable bonds is 6. The van der Waals surface area contributed by atoms with Gasteiger partial charge in [0.1, 0.15) is 0 Å². The predicted molar refractivity (Wildman–Crippen MR) is 69.2 cm³/mol. The van der Waals surface area contributed by atoms with Crippen LogP contribution < -0.4 is 5.32 Å². The second kappa shape index (κ2) is 6.63. The monoisotopic (exact) mass is 291 g/mol. The van der Waals surface area contributed by atoms with Crippen LogP contribution in [0.25, 0.3) is 0 Å². The second-order valence-corrected chi connectivity index (χ2v) is 6.53. The molecule has 1 heterocycles. The summed E-state index contributed by atoms with van der Waals surface area (Å²) in [5.74, 6) is 0.350. The first-order chi connectivity index (χ1) is 7.09. The number of aliphatic hydroxyl groups is 1. The van der Waals surface area contributed by atoms with E-state index in [0.717, 1.165) is 19.5 Å². The van der Waals surface area contributed by atoms with E-state index in [0.29, 0.717) is 5.92 Å². The quantitative estimate of drug-likeness (QED) is 0.790. The Balaban J connectivity index is 2.12. The summed E-state index contributed by atoms with van der Waals surface area (Å²) in [6.45, 7) is 5.85. The molecule has 15 heavy (non-hydrogen) atoms. The summed E-state index contributed by atoms with van der Waals surface area (Å²) in [4.78, 5) is 1.32. The Bertz CT molecular complexity index is 288. The van der Waals surface area contributed by atoms with Crippen LogP contribution in [0.2, 0.25) is 0 Å². The Morgan fingerprint density at radius 1 is 1.47 bits per heavy atom. The summed E-state index contributed by atoms with van der Waals surface area (Å²) in [6.07, 6.45) is 0.636. The van der Waals surface area contributed by atoms with Gasteiger partial charge in [0, 0.05) is 11.4 Å². The average molecular weight is 292 g/mol. The average Bonchev–Trinajstić information content (AvgIpc) is 2.58. The fourth-order valence-electron chi connectivity index (χ4n) is 1.24. The van der Waals surface area contributed by atoms with Gasteiger partial charge in [-0.2, -0.15) is 0 Å². The van der Waals surface area contributed by atoms with E-state index in [4.69, 9.17) is 0 Å². The van der Waals surface area contributed by atoms with Crippen LogP contribution in [0.5, 0.6) is 0 Å². The predicted octanol–water partition coefficient (Wildman–Crippen LogP) is 3.01. The number of aliphatic hydroxyl groups excluding tert-OH is 1. The molecule has 2 nitrogen and oxygen atoms in total. The fourth-order valence-corrected chi connectivity index (χ4v) is 2.69. The lowest BCUT2D eigenvalue weighted by atomic mass is 10.0. The van der Waals surface area contributed by atoms with Crippen LogP contribution >= 0.6 is 27.3 Å². The van der Waals surface area contributed by atoms with Crippen LogP contribution in [-0.2, 0) is 6.54 Å². The third-order valence-corrected chi connectivity index (χ3v) is 3.94. The van der Waals surface area contributed by atoms with Crippen molar-refractivity contribution >= 4 is 27.3 Å². The van der Waals surface area contributed by atoms with Crippen LogP contribution in [0.1, 0.15) is 25.1 Å². The first-order valence-corrected chi connectivity index (χ1v) is 6.83. The molecular formula is C11H18BrNOS. The summed E-state index contributed by atoms with van der Waals surface area (Å²) in [5.41, 5.74) is 0. The Kier molecular flexibility index (Phi) is 5.82. The van der Waals surface area contributed by atoms with Crippen LogP contribution in [0, 0.1) is 5.92 Å². The van der Waals surface area contributed by atoms with E-state index in [1.165, 1.54) is 8.66 Å². The molecule has 1 aromatic heterocycles. The highest BCUT2D eigenvalue weighted by atomic mass is 79.9. The molecule has 0 spiro atoms. The maximum Gasteiger partial charge on any atom is 0.0701 e. The van der Waals surface area contributed by atoms with Crippen molar-refractivity contribution in [1.82, 2.24) is 5.32 Å². The number of hydrogen-bond acceptors (Lipinski definition) is 3. The van der Waals surface area contributed by atoms with Crippen molar-refractivity contribution in [1.29, 1.82) is 0 Å². The number of halogens is 1. The topological polar surface area (TPSA) is 32.3 Å². The molecule has 1 rings (SSSR count). The van der Waals surface area contributed by atoms with Gasteiger partial charge in [0.15, 0.2) is 0 Å². The number of thiophene rings is 1. The van der Waals surface area contributed by atoms with Crippen molar-refractivity contribution in [2.24, 2.45) is 5.92 Å². The molecule has 2 N–H and O–H groups in total. The number of hydrogen-bond donors (Lipinski definition) is 2. The molecule has 0 bridgehead atoms. The van der Waals surface area contributed by atoms with E-state index in [9.17, 15) is 5.11 Å². The van der Waals surface area contributed by atoms with Crippen molar-refractivity contribution < 1.29 is 5.11 Å². The van der Waals surface area contributed by atoms with Gasteiger partial charge in [0.25, 0.3) is 0 Å². The lowest BCUT2D eigenvalue weighted by molar-refractivity contribution is 0.116. The molecule has 1 unspecified atom stereocenters. The van der Waals surface area contributed by atoms with E-state index in [2.05, 4.69) is 33.4 Å². The molecule has 1 aromatic rings. The summed E-state index contributed by atoms with van der Waals surface area (Å²) >= 11 is 5.18. The minimum atomic E-state index is -0.187. The Hall–Kier alpha value is 0.1000. The van der Waals surface area contributed by atoms with Gasteiger partial charge in [-0.15, -0.1) is 11.3 Å². The Morgan fingerprint density at radius 2 is 2.20 bits per heavy atom. The van der Waals surface area contributed by atoms with E-state index >= 15 is 0 Å². The van der Waals surface area contributed by atoms with Gasteiger partial charge in [-0.05, 0) is 46.9 Å². The lowest BCUT2D eigenvalue weighted by Crippen LogP contribution is -2.23. The highest BCUT2D eigenvalue weighted by Gasteiger charge is 2.07. The van der Waals surface area contributed by atoms with Crippen LogP contribution in [0.15, 0.2) is 15.9 Å². The Labute approximate surface area is 104 Å².